The number of hydrogen-bond acceptors (Lipinski definition) is 3. The summed E-state index contributed by atoms with van der Waals surface area (Å²) in [4.78, 5) is 12.6. The lowest BCUT2D eigenvalue weighted by molar-refractivity contribution is -0.116. The first kappa shape index (κ1) is 19.8. The number of rotatable bonds is 5. The maximum absolute atomic E-state index is 13.5. The molecule has 0 spiro atoms. The molecule has 0 radical (unpaired) electrons. The van der Waals surface area contributed by atoms with Gasteiger partial charge < -0.3 is 5.32 Å². The van der Waals surface area contributed by atoms with E-state index < -0.39 is 33.6 Å². The van der Waals surface area contributed by atoms with Crippen LogP contribution in [0.3, 0.4) is 0 Å². The van der Waals surface area contributed by atoms with Crippen molar-refractivity contribution in [3.05, 3.63) is 59.2 Å². The van der Waals surface area contributed by atoms with Gasteiger partial charge in [-0.1, -0.05) is 12.1 Å². The molecule has 1 N–H and O–H groups in total. The molecule has 0 heterocycles. The zero-order chi connectivity index (χ0) is 19.6. The van der Waals surface area contributed by atoms with Crippen LogP contribution in [0.25, 0.3) is 0 Å². The molecule has 2 aromatic rings. The van der Waals surface area contributed by atoms with Gasteiger partial charge in [0.25, 0.3) is 0 Å². The van der Waals surface area contributed by atoms with Crippen LogP contribution in [0.15, 0.2) is 36.4 Å². The Bertz CT molecular complexity index is 945. The quantitative estimate of drug-likeness (QED) is 0.862. The number of amides is 1. The van der Waals surface area contributed by atoms with Gasteiger partial charge in [-0.3, -0.25) is 9.10 Å². The fourth-order valence-electron chi connectivity index (χ4n) is 2.55. The Morgan fingerprint density at radius 3 is 2.35 bits per heavy atom. The van der Waals surface area contributed by atoms with Gasteiger partial charge in [0.2, 0.25) is 15.9 Å². The average Bonchev–Trinajstić information content (AvgIpc) is 2.54. The summed E-state index contributed by atoms with van der Waals surface area (Å²) in [7, 11) is -3.92. The van der Waals surface area contributed by atoms with Crippen molar-refractivity contribution >= 4 is 27.3 Å². The standard InChI is InChI=1S/C18H20F2N2O3S/c1-11-6-5-7-17(12(11)2)21-18(23)13(3)22(26(4,24)25)14-8-9-15(19)16(20)10-14/h5-10,13H,1-4H3,(H,21,23)/t13-/m1/s1. The minimum atomic E-state index is -3.92. The number of carbonyl (C=O) groups excluding carboxylic acids is 1. The maximum atomic E-state index is 13.5. The van der Waals surface area contributed by atoms with Gasteiger partial charge in [-0.25, -0.2) is 17.2 Å². The van der Waals surface area contributed by atoms with E-state index >= 15 is 0 Å². The molecular weight excluding hydrogens is 362 g/mol. The molecular formula is C18H20F2N2O3S. The van der Waals surface area contributed by atoms with Crippen LogP contribution in [0.5, 0.6) is 0 Å². The largest absolute Gasteiger partial charge is 0.324 e. The molecule has 0 aliphatic heterocycles. The van der Waals surface area contributed by atoms with Gasteiger partial charge in [-0.15, -0.1) is 0 Å². The smallest absolute Gasteiger partial charge is 0.248 e. The molecule has 2 rings (SSSR count). The Morgan fingerprint density at radius 2 is 1.77 bits per heavy atom. The molecule has 0 aliphatic rings. The minimum Gasteiger partial charge on any atom is -0.324 e. The second-order valence-corrected chi connectivity index (χ2v) is 7.93. The number of halogens is 2. The van der Waals surface area contributed by atoms with Crippen molar-refractivity contribution in [2.75, 3.05) is 15.9 Å². The van der Waals surface area contributed by atoms with E-state index in [0.717, 1.165) is 39.9 Å². The number of benzene rings is 2. The fourth-order valence-corrected chi connectivity index (χ4v) is 3.72. The lowest BCUT2D eigenvalue weighted by Crippen LogP contribution is -2.45. The Labute approximate surface area is 151 Å². The summed E-state index contributed by atoms with van der Waals surface area (Å²) < 4.78 is 51.8. The van der Waals surface area contributed by atoms with Crippen molar-refractivity contribution < 1.29 is 22.0 Å². The number of carbonyl (C=O) groups is 1. The zero-order valence-corrected chi connectivity index (χ0v) is 15.7. The first-order valence-electron chi connectivity index (χ1n) is 7.84. The third kappa shape index (κ3) is 4.19. The number of hydrogen-bond donors (Lipinski definition) is 1. The van der Waals surface area contributed by atoms with Crippen LogP contribution < -0.4 is 9.62 Å². The summed E-state index contributed by atoms with van der Waals surface area (Å²) in [5.41, 5.74) is 2.25. The monoisotopic (exact) mass is 382 g/mol. The van der Waals surface area contributed by atoms with Gasteiger partial charge in [0.1, 0.15) is 6.04 Å². The lowest BCUT2D eigenvalue weighted by atomic mass is 10.1. The number of nitrogens with one attached hydrogen (secondary N) is 1. The number of aryl methyl sites for hydroxylation is 1. The molecule has 5 nitrogen and oxygen atoms in total. The normalized spacial score (nSPS) is 12.5. The van der Waals surface area contributed by atoms with E-state index in [4.69, 9.17) is 0 Å². The van der Waals surface area contributed by atoms with Gasteiger partial charge in [0, 0.05) is 11.8 Å². The summed E-state index contributed by atoms with van der Waals surface area (Å²) in [5, 5.41) is 2.69. The van der Waals surface area contributed by atoms with Gasteiger partial charge in [-0.05, 0) is 50.1 Å². The van der Waals surface area contributed by atoms with Crippen molar-refractivity contribution in [1.29, 1.82) is 0 Å². The minimum absolute atomic E-state index is 0.130. The van der Waals surface area contributed by atoms with Gasteiger partial charge >= 0.3 is 0 Å². The van der Waals surface area contributed by atoms with Crippen LogP contribution in [0.1, 0.15) is 18.1 Å². The number of nitrogens with zero attached hydrogens (tertiary/aromatic N) is 1. The average molecular weight is 382 g/mol. The Hall–Kier alpha value is -2.48. The highest BCUT2D eigenvalue weighted by atomic mass is 32.2. The molecule has 2 aromatic carbocycles. The van der Waals surface area contributed by atoms with E-state index in [1.54, 1.807) is 12.1 Å². The van der Waals surface area contributed by atoms with Crippen LogP contribution in [0, 0.1) is 25.5 Å². The van der Waals surface area contributed by atoms with E-state index in [1.807, 2.05) is 19.9 Å². The van der Waals surface area contributed by atoms with E-state index in [9.17, 15) is 22.0 Å². The molecule has 1 amide bonds. The molecule has 0 bridgehead atoms. The summed E-state index contributed by atoms with van der Waals surface area (Å²) in [5.74, 6) is -2.89. The van der Waals surface area contributed by atoms with Crippen molar-refractivity contribution in [2.24, 2.45) is 0 Å². The molecule has 0 unspecified atom stereocenters. The first-order valence-corrected chi connectivity index (χ1v) is 9.68. The Kier molecular flexibility index (Phi) is 5.65. The van der Waals surface area contributed by atoms with E-state index in [1.165, 1.54) is 6.92 Å². The third-order valence-corrected chi connectivity index (χ3v) is 5.35. The van der Waals surface area contributed by atoms with Gasteiger partial charge in [0.15, 0.2) is 11.6 Å². The molecule has 0 aromatic heterocycles. The highest BCUT2D eigenvalue weighted by Gasteiger charge is 2.30. The van der Waals surface area contributed by atoms with E-state index in [2.05, 4.69) is 5.32 Å². The molecule has 0 saturated carbocycles. The van der Waals surface area contributed by atoms with Crippen LogP contribution in [0.2, 0.25) is 0 Å². The Morgan fingerprint density at radius 1 is 1.12 bits per heavy atom. The number of anilines is 2. The van der Waals surface area contributed by atoms with Gasteiger partial charge in [-0.2, -0.15) is 0 Å². The maximum Gasteiger partial charge on any atom is 0.248 e. The molecule has 8 heteroatoms. The summed E-state index contributed by atoms with van der Waals surface area (Å²) in [6.45, 7) is 5.10. The van der Waals surface area contributed by atoms with Crippen molar-refractivity contribution in [2.45, 2.75) is 26.8 Å². The van der Waals surface area contributed by atoms with Crippen LogP contribution in [-0.2, 0) is 14.8 Å². The molecule has 1 atom stereocenters. The second kappa shape index (κ2) is 7.41. The molecule has 0 fully saturated rings. The SMILES string of the molecule is Cc1cccc(NC(=O)[C@@H](C)N(c2ccc(F)c(F)c2)S(C)(=O)=O)c1C. The van der Waals surface area contributed by atoms with Crippen LogP contribution in [-0.4, -0.2) is 26.6 Å². The predicted octanol–water partition coefficient (Wildman–Crippen LogP) is 3.37. The Balaban J connectivity index is 2.37. The van der Waals surface area contributed by atoms with Crippen molar-refractivity contribution in [1.82, 2.24) is 0 Å². The first-order chi connectivity index (χ1) is 12.0. The summed E-state index contributed by atoms with van der Waals surface area (Å²) >= 11 is 0. The predicted molar refractivity (Wildman–Crippen MR) is 97.7 cm³/mol. The van der Waals surface area contributed by atoms with Gasteiger partial charge in [0.05, 0.1) is 11.9 Å². The molecule has 0 saturated heterocycles. The summed E-state index contributed by atoms with van der Waals surface area (Å²) in [6.07, 6.45) is 0.899. The van der Waals surface area contributed by atoms with Crippen LogP contribution >= 0.6 is 0 Å². The van der Waals surface area contributed by atoms with E-state index in [-0.39, 0.29) is 5.69 Å². The summed E-state index contributed by atoms with van der Waals surface area (Å²) in [6, 6.07) is 6.87. The van der Waals surface area contributed by atoms with Crippen LogP contribution in [0.4, 0.5) is 20.2 Å². The number of sulfonamides is 1. The third-order valence-electron chi connectivity index (χ3n) is 4.11. The molecule has 140 valence electrons. The zero-order valence-electron chi connectivity index (χ0n) is 14.9. The van der Waals surface area contributed by atoms with E-state index in [0.29, 0.717) is 5.69 Å². The molecule has 0 aliphatic carbocycles. The highest BCUT2D eigenvalue weighted by molar-refractivity contribution is 7.92. The fraction of sp³-hybridized carbons (Fsp3) is 0.278. The lowest BCUT2D eigenvalue weighted by Gasteiger charge is -2.28. The second-order valence-electron chi connectivity index (χ2n) is 6.07. The van der Waals surface area contributed by atoms with Crippen molar-refractivity contribution in [3.8, 4) is 0 Å². The highest BCUT2D eigenvalue weighted by Crippen LogP contribution is 2.24. The van der Waals surface area contributed by atoms with Crippen molar-refractivity contribution in [3.63, 3.8) is 0 Å². The molecule has 26 heavy (non-hydrogen) atoms. The topological polar surface area (TPSA) is 66.5 Å².